The maximum Gasteiger partial charge on any atom is 0.141 e. The van der Waals surface area contributed by atoms with Gasteiger partial charge in [0.25, 0.3) is 0 Å². The Bertz CT molecular complexity index is 1170. The van der Waals surface area contributed by atoms with E-state index in [0.717, 1.165) is 34.8 Å². The van der Waals surface area contributed by atoms with Crippen LogP contribution in [-0.4, -0.2) is 24.9 Å². The Labute approximate surface area is 164 Å². The molecule has 0 spiro atoms. The van der Waals surface area contributed by atoms with Crippen LogP contribution < -0.4 is 9.80 Å². The predicted octanol–water partition coefficient (Wildman–Crippen LogP) is 5.33. The second-order valence-electron chi connectivity index (χ2n) is 7.34. The van der Waals surface area contributed by atoms with Gasteiger partial charge in [0.1, 0.15) is 5.84 Å². The number of rotatable bonds is 3. The number of amidine groups is 1. The number of aromatic nitrogens is 1. The fourth-order valence-corrected chi connectivity index (χ4v) is 3.73. The summed E-state index contributed by atoms with van der Waals surface area (Å²) in [6.07, 6.45) is 1.98. The van der Waals surface area contributed by atoms with Crippen LogP contribution in [0.4, 0.5) is 17.1 Å². The molecular formula is C24H22N4. The van der Waals surface area contributed by atoms with Crippen molar-refractivity contribution < 1.29 is 0 Å². The van der Waals surface area contributed by atoms with Gasteiger partial charge in [-0.15, -0.1) is 0 Å². The molecule has 0 fully saturated rings. The van der Waals surface area contributed by atoms with E-state index in [-0.39, 0.29) is 0 Å². The van der Waals surface area contributed by atoms with Crippen molar-refractivity contribution in [3.05, 3.63) is 90.1 Å². The van der Waals surface area contributed by atoms with E-state index in [1.807, 2.05) is 6.20 Å². The lowest BCUT2D eigenvalue weighted by Gasteiger charge is -2.31. The van der Waals surface area contributed by atoms with Crippen molar-refractivity contribution in [1.82, 2.24) is 4.98 Å². The van der Waals surface area contributed by atoms with E-state index in [4.69, 9.17) is 4.99 Å². The Morgan fingerprint density at radius 3 is 2.57 bits per heavy atom. The molecule has 4 heteroatoms. The van der Waals surface area contributed by atoms with Gasteiger partial charge in [-0.3, -0.25) is 0 Å². The zero-order valence-corrected chi connectivity index (χ0v) is 16.1. The van der Waals surface area contributed by atoms with E-state index in [1.165, 1.54) is 16.6 Å². The quantitative estimate of drug-likeness (QED) is 0.532. The molecule has 0 amide bonds. The first-order valence-corrected chi connectivity index (χ1v) is 9.48. The van der Waals surface area contributed by atoms with E-state index in [1.54, 1.807) is 0 Å². The van der Waals surface area contributed by atoms with Gasteiger partial charge in [0.05, 0.1) is 12.2 Å². The van der Waals surface area contributed by atoms with Gasteiger partial charge in [0, 0.05) is 48.1 Å². The number of H-pyrrole nitrogens is 1. The smallest absolute Gasteiger partial charge is 0.141 e. The minimum Gasteiger partial charge on any atom is -0.378 e. The summed E-state index contributed by atoms with van der Waals surface area (Å²) in [5, 5.41) is 1.20. The number of hydrogen-bond donors (Lipinski definition) is 1. The van der Waals surface area contributed by atoms with Gasteiger partial charge >= 0.3 is 0 Å². The molecule has 4 nitrogen and oxygen atoms in total. The van der Waals surface area contributed by atoms with Gasteiger partial charge in [0.15, 0.2) is 0 Å². The molecule has 0 bridgehead atoms. The minimum atomic E-state index is 0.807. The van der Waals surface area contributed by atoms with Gasteiger partial charge < -0.3 is 14.8 Å². The number of aromatic amines is 1. The molecule has 0 unspecified atom stereocenters. The third-order valence-electron chi connectivity index (χ3n) is 5.29. The number of fused-ring (bicyclic) bond motifs is 2. The third kappa shape index (κ3) is 2.83. The van der Waals surface area contributed by atoms with Crippen LogP contribution in [0.15, 0.2) is 84.0 Å². The van der Waals surface area contributed by atoms with Crippen molar-refractivity contribution in [3.8, 4) is 0 Å². The minimum absolute atomic E-state index is 0.807. The lowest BCUT2D eigenvalue weighted by atomic mass is 10.1. The van der Waals surface area contributed by atoms with Crippen LogP contribution in [0.25, 0.3) is 10.9 Å². The third-order valence-corrected chi connectivity index (χ3v) is 5.29. The first kappa shape index (κ1) is 16.6. The molecule has 1 aliphatic heterocycles. The summed E-state index contributed by atoms with van der Waals surface area (Å²) >= 11 is 0. The van der Waals surface area contributed by atoms with Crippen molar-refractivity contribution in [2.45, 2.75) is 6.54 Å². The summed E-state index contributed by atoms with van der Waals surface area (Å²) in [4.78, 5) is 12.7. The highest BCUT2D eigenvalue weighted by molar-refractivity contribution is 6.13. The molecule has 0 radical (unpaired) electrons. The molecule has 0 saturated carbocycles. The van der Waals surface area contributed by atoms with Crippen LogP contribution in [0.1, 0.15) is 11.1 Å². The summed E-state index contributed by atoms with van der Waals surface area (Å²) in [6.45, 7) is 0.807. The standard InChI is InChI=1S/C24H22N4/c1-27(2)20-8-10-21(11-9-20)28-16-19-5-3-4-6-23(19)26-24(28)18-7-12-22-17(15-18)13-14-25-22/h3-15,25H,16H2,1-2H3. The molecule has 4 aromatic rings. The summed E-state index contributed by atoms with van der Waals surface area (Å²) in [5.74, 6) is 0.986. The molecule has 138 valence electrons. The van der Waals surface area contributed by atoms with Gasteiger partial charge in [-0.2, -0.15) is 0 Å². The highest BCUT2D eigenvalue weighted by atomic mass is 15.2. The maximum atomic E-state index is 5.04. The molecule has 0 saturated heterocycles. The van der Waals surface area contributed by atoms with E-state index < -0.39 is 0 Å². The summed E-state index contributed by atoms with van der Waals surface area (Å²) in [5.41, 5.74) is 6.89. The molecular weight excluding hydrogens is 344 g/mol. The van der Waals surface area contributed by atoms with E-state index in [9.17, 15) is 0 Å². The summed E-state index contributed by atoms with van der Waals surface area (Å²) in [7, 11) is 4.12. The van der Waals surface area contributed by atoms with Crippen molar-refractivity contribution >= 4 is 33.8 Å². The molecule has 28 heavy (non-hydrogen) atoms. The van der Waals surface area contributed by atoms with Gasteiger partial charge in [-0.05, 0) is 60.2 Å². The Balaban J connectivity index is 1.63. The average molecular weight is 366 g/mol. The number of benzene rings is 3. The summed E-state index contributed by atoms with van der Waals surface area (Å²) in [6, 6.07) is 25.6. The largest absolute Gasteiger partial charge is 0.378 e. The number of aliphatic imine (C=N–C) groups is 1. The van der Waals surface area contributed by atoms with Crippen molar-refractivity contribution in [2.24, 2.45) is 4.99 Å². The van der Waals surface area contributed by atoms with Crippen molar-refractivity contribution in [2.75, 3.05) is 23.9 Å². The number of hydrogen-bond acceptors (Lipinski definition) is 3. The highest BCUT2D eigenvalue weighted by Gasteiger charge is 2.22. The Morgan fingerprint density at radius 1 is 0.929 bits per heavy atom. The molecule has 2 heterocycles. The number of para-hydroxylation sites is 1. The molecule has 3 aromatic carbocycles. The van der Waals surface area contributed by atoms with Crippen LogP contribution in [0.3, 0.4) is 0 Å². The van der Waals surface area contributed by atoms with Gasteiger partial charge in [-0.25, -0.2) is 4.99 Å². The van der Waals surface area contributed by atoms with Gasteiger partial charge in [0.2, 0.25) is 0 Å². The van der Waals surface area contributed by atoms with Crippen LogP contribution in [0, 0.1) is 0 Å². The van der Waals surface area contributed by atoms with Gasteiger partial charge in [-0.1, -0.05) is 18.2 Å². The zero-order valence-electron chi connectivity index (χ0n) is 16.1. The van der Waals surface area contributed by atoms with Crippen molar-refractivity contribution in [1.29, 1.82) is 0 Å². The summed E-state index contributed by atoms with van der Waals surface area (Å²) < 4.78 is 0. The highest BCUT2D eigenvalue weighted by Crippen LogP contribution is 2.32. The fourth-order valence-electron chi connectivity index (χ4n) is 3.73. The van der Waals surface area contributed by atoms with Crippen molar-refractivity contribution in [3.63, 3.8) is 0 Å². The number of anilines is 2. The molecule has 1 aromatic heterocycles. The SMILES string of the molecule is CN(C)c1ccc(N2Cc3ccccc3N=C2c2ccc3[nH]ccc3c2)cc1. The zero-order chi connectivity index (χ0) is 19.1. The number of nitrogens with one attached hydrogen (secondary N) is 1. The molecule has 1 N–H and O–H groups in total. The lowest BCUT2D eigenvalue weighted by molar-refractivity contribution is 0.977. The van der Waals surface area contributed by atoms with E-state index in [2.05, 4.69) is 102 Å². The van der Waals surface area contributed by atoms with Crippen LogP contribution in [-0.2, 0) is 6.54 Å². The van der Waals surface area contributed by atoms with Crippen LogP contribution in [0.2, 0.25) is 0 Å². The first-order chi connectivity index (χ1) is 13.7. The molecule has 0 atom stereocenters. The Hall–Kier alpha value is -3.53. The second kappa shape index (κ2) is 6.57. The lowest BCUT2D eigenvalue weighted by Crippen LogP contribution is -2.33. The topological polar surface area (TPSA) is 34.6 Å². The first-order valence-electron chi connectivity index (χ1n) is 9.48. The van der Waals surface area contributed by atoms with Crippen LogP contribution >= 0.6 is 0 Å². The maximum absolute atomic E-state index is 5.04. The Morgan fingerprint density at radius 2 is 1.75 bits per heavy atom. The molecule has 1 aliphatic rings. The van der Waals surface area contributed by atoms with E-state index in [0.29, 0.717) is 0 Å². The van der Waals surface area contributed by atoms with Crippen LogP contribution in [0.5, 0.6) is 0 Å². The molecule has 0 aliphatic carbocycles. The fraction of sp³-hybridized carbons (Fsp3) is 0.125. The Kier molecular flexibility index (Phi) is 3.90. The number of nitrogens with zero attached hydrogens (tertiary/aromatic N) is 3. The second-order valence-corrected chi connectivity index (χ2v) is 7.34. The normalized spacial score (nSPS) is 13.4. The average Bonchev–Trinajstić information content (AvgIpc) is 3.21. The molecule has 5 rings (SSSR count). The van der Waals surface area contributed by atoms with E-state index >= 15 is 0 Å². The predicted molar refractivity (Wildman–Crippen MR) is 118 cm³/mol. The monoisotopic (exact) mass is 366 g/mol.